The van der Waals surface area contributed by atoms with E-state index in [9.17, 15) is 18.0 Å². The molecule has 0 aliphatic heterocycles. The Hall–Kier alpha value is -2.63. The third-order valence-corrected chi connectivity index (χ3v) is 5.40. The van der Waals surface area contributed by atoms with Gasteiger partial charge in [-0.15, -0.1) is 0 Å². The second-order valence-corrected chi connectivity index (χ2v) is 7.26. The molecule has 0 spiro atoms. The van der Waals surface area contributed by atoms with Crippen LogP contribution >= 0.6 is 0 Å². The highest BCUT2D eigenvalue weighted by Gasteiger charge is 2.37. The summed E-state index contributed by atoms with van der Waals surface area (Å²) in [6.45, 7) is 11.6. The number of carbonyl (C=O) groups excluding carboxylic acids is 1. The van der Waals surface area contributed by atoms with Gasteiger partial charge in [0.2, 0.25) is 0 Å². The first kappa shape index (κ1) is 29.4. The van der Waals surface area contributed by atoms with Gasteiger partial charge < -0.3 is 11.1 Å². The van der Waals surface area contributed by atoms with Crippen molar-refractivity contribution in [3.8, 4) is 0 Å². The number of aryl methyl sites for hydroxylation is 1. The van der Waals surface area contributed by atoms with Gasteiger partial charge in [0.15, 0.2) is 0 Å². The largest absolute Gasteiger partial charge is 0.416 e. The number of nitrogens with two attached hydrogens (primary N) is 1. The molecule has 3 N–H and O–H groups in total. The van der Waals surface area contributed by atoms with Crippen molar-refractivity contribution in [1.82, 2.24) is 0 Å². The van der Waals surface area contributed by atoms with Gasteiger partial charge in [-0.1, -0.05) is 65.3 Å². The number of anilines is 1. The highest BCUT2D eigenvalue weighted by molar-refractivity contribution is 5.90. The number of Topliss-reactive ketones (excluding diaryl/α,β-unsaturated/α-hetero) is 1. The lowest BCUT2D eigenvalue weighted by Crippen LogP contribution is -2.35. The molecule has 0 bridgehead atoms. The molecule has 0 aromatic heterocycles. The second kappa shape index (κ2) is 13.7. The molecule has 1 unspecified atom stereocenters. The van der Waals surface area contributed by atoms with Gasteiger partial charge in [-0.05, 0) is 49.1 Å². The minimum Gasteiger partial charge on any atom is -0.398 e. The van der Waals surface area contributed by atoms with Crippen LogP contribution in [0.2, 0.25) is 0 Å². The van der Waals surface area contributed by atoms with Crippen molar-refractivity contribution in [2.75, 3.05) is 5.73 Å². The average molecular weight is 451 g/mol. The van der Waals surface area contributed by atoms with Crippen LogP contribution in [-0.2, 0) is 16.4 Å². The molecular weight excluding hydrogens is 413 g/mol. The Bertz CT molecular complexity index is 825. The number of nitrogens with one attached hydrogen (secondary N) is 1. The van der Waals surface area contributed by atoms with E-state index in [0.29, 0.717) is 30.5 Å². The minimum atomic E-state index is -4.34. The van der Waals surface area contributed by atoms with Gasteiger partial charge >= 0.3 is 6.18 Å². The van der Waals surface area contributed by atoms with Crippen molar-refractivity contribution in [1.29, 1.82) is 5.41 Å². The van der Waals surface area contributed by atoms with Gasteiger partial charge in [-0.2, -0.15) is 13.2 Å². The van der Waals surface area contributed by atoms with E-state index in [2.05, 4.69) is 0 Å². The average Bonchev–Trinajstić information content (AvgIpc) is 2.78. The van der Waals surface area contributed by atoms with Crippen LogP contribution in [0.5, 0.6) is 0 Å². The topological polar surface area (TPSA) is 66.9 Å². The summed E-state index contributed by atoms with van der Waals surface area (Å²) in [5.74, 6) is 0.0987. The molecule has 0 aliphatic carbocycles. The quantitative estimate of drug-likeness (QED) is 0.335. The minimum absolute atomic E-state index is 0.0987. The van der Waals surface area contributed by atoms with Crippen molar-refractivity contribution >= 4 is 17.7 Å². The Labute approximate surface area is 190 Å². The van der Waals surface area contributed by atoms with Crippen molar-refractivity contribution in [3.63, 3.8) is 0 Å². The Kier molecular flexibility index (Phi) is 12.6. The summed E-state index contributed by atoms with van der Waals surface area (Å²) < 4.78 is 37.8. The summed E-state index contributed by atoms with van der Waals surface area (Å²) >= 11 is 0. The van der Waals surface area contributed by atoms with E-state index < -0.39 is 17.2 Å². The molecule has 6 heteroatoms. The molecule has 32 heavy (non-hydrogen) atoms. The first-order valence-corrected chi connectivity index (χ1v) is 11.1. The lowest BCUT2D eigenvalue weighted by atomic mass is 9.70. The number of ketones is 1. The Morgan fingerprint density at radius 3 is 1.88 bits per heavy atom. The SMILES string of the molecule is CC.CCCC(CC)(C(=O)CC)c1ccc(C(F)(F)F)cc1.Cc1cccc(N)c1C=N. The lowest BCUT2D eigenvalue weighted by molar-refractivity contribution is -0.137. The number of halogens is 3. The number of benzene rings is 2. The van der Waals surface area contributed by atoms with Crippen LogP contribution in [0.15, 0.2) is 42.5 Å². The molecule has 0 amide bonds. The van der Waals surface area contributed by atoms with Crippen LogP contribution in [0.1, 0.15) is 82.6 Å². The zero-order valence-corrected chi connectivity index (χ0v) is 20.1. The zero-order valence-electron chi connectivity index (χ0n) is 20.1. The summed E-state index contributed by atoms with van der Waals surface area (Å²) in [6, 6.07) is 10.7. The fraction of sp³-hybridized carbons (Fsp3) is 0.462. The van der Waals surface area contributed by atoms with Crippen LogP contribution in [0, 0.1) is 12.3 Å². The Balaban J connectivity index is 0.000000668. The first-order valence-electron chi connectivity index (χ1n) is 11.1. The summed E-state index contributed by atoms with van der Waals surface area (Å²) in [5.41, 5.74) is 7.51. The predicted molar refractivity (Wildman–Crippen MR) is 128 cm³/mol. The fourth-order valence-corrected chi connectivity index (χ4v) is 3.67. The molecule has 3 nitrogen and oxygen atoms in total. The molecule has 178 valence electrons. The lowest BCUT2D eigenvalue weighted by Gasteiger charge is -2.31. The smallest absolute Gasteiger partial charge is 0.398 e. The number of carbonyl (C=O) groups is 1. The van der Waals surface area contributed by atoms with E-state index in [1.807, 2.05) is 46.8 Å². The number of hydrogen-bond acceptors (Lipinski definition) is 3. The molecule has 0 radical (unpaired) electrons. The number of hydrogen-bond donors (Lipinski definition) is 2. The maximum Gasteiger partial charge on any atom is 0.416 e. The zero-order chi connectivity index (χ0) is 24.9. The standard InChI is InChI=1S/C16H21F3O.C8H10N2.C2H6/c1-4-11-15(6-3,14(20)5-2)12-7-9-13(10-8-12)16(17,18)19;1-6-3-2-4-8(10)7(6)5-9;1-2/h7-10H,4-6,11H2,1-3H3;2-5,9H,10H2,1H3;1-2H3. The van der Waals surface area contributed by atoms with Crippen molar-refractivity contribution in [2.24, 2.45) is 0 Å². The van der Waals surface area contributed by atoms with Crippen LogP contribution in [-0.4, -0.2) is 12.0 Å². The highest BCUT2D eigenvalue weighted by atomic mass is 19.4. The van der Waals surface area contributed by atoms with Crippen LogP contribution in [0.4, 0.5) is 18.9 Å². The van der Waals surface area contributed by atoms with Gasteiger partial charge in [0, 0.05) is 23.9 Å². The Morgan fingerprint density at radius 2 is 1.53 bits per heavy atom. The van der Waals surface area contributed by atoms with Gasteiger partial charge in [-0.3, -0.25) is 4.79 Å². The van der Waals surface area contributed by atoms with Gasteiger partial charge in [0.25, 0.3) is 0 Å². The van der Waals surface area contributed by atoms with E-state index >= 15 is 0 Å². The predicted octanol–water partition coefficient (Wildman–Crippen LogP) is 7.73. The van der Waals surface area contributed by atoms with E-state index in [1.165, 1.54) is 18.3 Å². The maximum absolute atomic E-state index is 12.6. The van der Waals surface area contributed by atoms with E-state index in [0.717, 1.165) is 29.7 Å². The maximum atomic E-state index is 12.6. The monoisotopic (exact) mass is 450 g/mol. The molecule has 1 atom stereocenters. The molecule has 0 saturated carbocycles. The first-order chi connectivity index (χ1) is 15.1. The summed E-state index contributed by atoms with van der Waals surface area (Å²) in [4.78, 5) is 12.3. The van der Waals surface area contributed by atoms with E-state index in [4.69, 9.17) is 11.1 Å². The molecule has 0 aliphatic rings. The third-order valence-electron chi connectivity index (χ3n) is 5.40. The third kappa shape index (κ3) is 7.50. The molecular formula is C26H37F3N2O. The van der Waals surface area contributed by atoms with Crippen molar-refractivity contribution in [2.45, 2.75) is 78.8 Å². The normalized spacial score (nSPS) is 12.4. The number of nitrogen functional groups attached to an aromatic ring is 1. The molecule has 0 heterocycles. The van der Waals surface area contributed by atoms with Crippen molar-refractivity contribution in [3.05, 3.63) is 64.7 Å². The molecule has 2 rings (SSSR count). The van der Waals surface area contributed by atoms with Crippen LogP contribution < -0.4 is 5.73 Å². The molecule has 2 aromatic rings. The molecule has 2 aromatic carbocycles. The van der Waals surface area contributed by atoms with Gasteiger partial charge in [0.1, 0.15) is 5.78 Å². The molecule has 0 saturated heterocycles. The fourth-order valence-electron chi connectivity index (χ4n) is 3.67. The summed E-state index contributed by atoms with van der Waals surface area (Å²) in [5, 5.41) is 7.02. The number of rotatable bonds is 7. The molecule has 0 fully saturated rings. The van der Waals surface area contributed by atoms with Gasteiger partial charge in [0.05, 0.1) is 11.0 Å². The van der Waals surface area contributed by atoms with E-state index in [-0.39, 0.29) is 5.78 Å². The number of alkyl halides is 3. The van der Waals surface area contributed by atoms with Crippen LogP contribution in [0.3, 0.4) is 0 Å². The highest BCUT2D eigenvalue weighted by Crippen LogP contribution is 2.37. The van der Waals surface area contributed by atoms with Crippen molar-refractivity contribution < 1.29 is 18.0 Å². The van der Waals surface area contributed by atoms with E-state index in [1.54, 1.807) is 13.0 Å². The van der Waals surface area contributed by atoms with Crippen LogP contribution in [0.25, 0.3) is 0 Å². The summed E-state index contributed by atoms with van der Waals surface area (Å²) in [6.07, 6.45) is -0.562. The van der Waals surface area contributed by atoms with Gasteiger partial charge in [-0.25, -0.2) is 0 Å². The Morgan fingerprint density at radius 1 is 1.00 bits per heavy atom. The second-order valence-electron chi connectivity index (χ2n) is 7.26. The summed E-state index contributed by atoms with van der Waals surface area (Å²) in [7, 11) is 0.